The Balaban J connectivity index is 1.86. The molecular weight excluding hydrogens is 180 g/mol. The highest BCUT2D eigenvalue weighted by molar-refractivity contribution is 5.19. The number of rotatable bonds is 2. The van der Waals surface area contributed by atoms with E-state index < -0.39 is 0 Å². The summed E-state index contributed by atoms with van der Waals surface area (Å²) in [5.41, 5.74) is 5.47. The van der Waals surface area contributed by atoms with Gasteiger partial charge in [-0.15, -0.1) is 5.10 Å². The Hall–Kier alpha value is -1.10. The lowest BCUT2D eigenvalue weighted by Crippen LogP contribution is -2.21. The molecule has 0 saturated heterocycles. The number of hydrogen-bond acceptors (Lipinski definition) is 4. The quantitative estimate of drug-likeness (QED) is 0.718. The van der Waals surface area contributed by atoms with Crippen molar-refractivity contribution in [2.24, 2.45) is 5.92 Å². The number of hydrogen-bond donors (Lipinski definition) is 2. The van der Waals surface area contributed by atoms with Crippen LogP contribution in [0.2, 0.25) is 0 Å². The Morgan fingerprint density at radius 2 is 2.14 bits per heavy atom. The van der Waals surface area contributed by atoms with Gasteiger partial charge in [-0.3, -0.25) is 4.68 Å². The van der Waals surface area contributed by atoms with Crippen LogP contribution in [0.15, 0.2) is 6.20 Å². The van der Waals surface area contributed by atoms with Crippen molar-refractivity contribution in [3.8, 4) is 0 Å². The summed E-state index contributed by atoms with van der Waals surface area (Å²) in [5, 5.41) is 17.0. The molecule has 5 heteroatoms. The second-order valence-electron chi connectivity index (χ2n) is 4.04. The van der Waals surface area contributed by atoms with E-state index in [0.717, 1.165) is 32.2 Å². The minimum absolute atomic E-state index is 0.0907. The molecular formula is C9H16N4O. The Bertz CT molecular complexity index is 291. The van der Waals surface area contributed by atoms with Gasteiger partial charge in [0.05, 0.1) is 12.3 Å². The molecule has 1 fully saturated rings. The van der Waals surface area contributed by atoms with E-state index in [9.17, 15) is 5.11 Å². The molecule has 0 atom stereocenters. The molecule has 1 aromatic rings. The van der Waals surface area contributed by atoms with Crippen LogP contribution in [0.4, 0.5) is 5.82 Å². The van der Waals surface area contributed by atoms with Crippen molar-refractivity contribution < 1.29 is 5.11 Å². The first-order valence-corrected chi connectivity index (χ1v) is 5.07. The van der Waals surface area contributed by atoms with Gasteiger partial charge in [0.15, 0.2) is 5.82 Å². The summed E-state index contributed by atoms with van der Waals surface area (Å²) in [7, 11) is 0. The number of nitrogens with two attached hydrogens (primary N) is 1. The van der Waals surface area contributed by atoms with Crippen LogP contribution in [0.1, 0.15) is 25.7 Å². The minimum Gasteiger partial charge on any atom is -0.393 e. The predicted molar refractivity (Wildman–Crippen MR) is 52.4 cm³/mol. The maximum Gasteiger partial charge on any atom is 0.165 e. The molecule has 1 heterocycles. The van der Waals surface area contributed by atoms with E-state index in [0.29, 0.717) is 11.7 Å². The number of aliphatic hydroxyl groups excluding tert-OH is 1. The number of nitrogen functional groups attached to an aromatic ring is 1. The molecule has 0 amide bonds. The summed E-state index contributed by atoms with van der Waals surface area (Å²) in [4.78, 5) is 0. The lowest BCUT2D eigenvalue weighted by Gasteiger charge is -2.24. The van der Waals surface area contributed by atoms with Gasteiger partial charge in [0.25, 0.3) is 0 Å². The van der Waals surface area contributed by atoms with Crippen LogP contribution in [0.5, 0.6) is 0 Å². The highest BCUT2D eigenvalue weighted by Gasteiger charge is 2.19. The summed E-state index contributed by atoms with van der Waals surface area (Å²) in [5.74, 6) is 1.08. The van der Waals surface area contributed by atoms with Crippen LogP contribution in [0, 0.1) is 5.92 Å². The third-order valence-electron chi connectivity index (χ3n) is 2.82. The van der Waals surface area contributed by atoms with E-state index >= 15 is 0 Å². The van der Waals surface area contributed by atoms with Crippen LogP contribution >= 0.6 is 0 Å². The van der Waals surface area contributed by atoms with Crippen molar-refractivity contribution >= 4 is 5.82 Å². The molecule has 0 spiro atoms. The zero-order valence-corrected chi connectivity index (χ0v) is 8.13. The molecule has 0 radical (unpaired) electrons. The Morgan fingerprint density at radius 3 is 2.71 bits per heavy atom. The van der Waals surface area contributed by atoms with Crippen molar-refractivity contribution in [2.75, 3.05) is 5.73 Å². The molecule has 2 rings (SSSR count). The summed E-state index contributed by atoms with van der Waals surface area (Å²) >= 11 is 0. The highest BCUT2D eigenvalue weighted by Crippen LogP contribution is 2.25. The Kier molecular flexibility index (Phi) is 2.67. The summed E-state index contributed by atoms with van der Waals surface area (Å²) in [6.07, 6.45) is 5.63. The molecule has 3 N–H and O–H groups in total. The topological polar surface area (TPSA) is 77.0 Å². The largest absolute Gasteiger partial charge is 0.393 e. The van der Waals surface area contributed by atoms with Gasteiger partial charge >= 0.3 is 0 Å². The average molecular weight is 196 g/mol. The molecule has 0 bridgehead atoms. The average Bonchev–Trinajstić information content (AvgIpc) is 2.56. The normalized spacial score (nSPS) is 27.8. The molecule has 0 aromatic carbocycles. The second-order valence-corrected chi connectivity index (χ2v) is 4.04. The van der Waals surface area contributed by atoms with Gasteiger partial charge in [0, 0.05) is 6.54 Å². The molecule has 1 aliphatic rings. The van der Waals surface area contributed by atoms with Crippen molar-refractivity contribution in [3.05, 3.63) is 6.20 Å². The van der Waals surface area contributed by atoms with E-state index in [1.807, 2.05) is 0 Å². The van der Waals surface area contributed by atoms with Crippen molar-refractivity contribution in [1.29, 1.82) is 0 Å². The molecule has 78 valence electrons. The molecule has 0 unspecified atom stereocenters. The first kappa shape index (κ1) is 9.45. The van der Waals surface area contributed by atoms with E-state index in [4.69, 9.17) is 5.73 Å². The standard InChI is InChI=1S/C9H16N4O/c10-9-6-13(12-11-9)5-7-1-3-8(14)4-2-7/h6-8,14H,1-5,10H2. The molecule has 14 heavy (non-hydrogen) atoms. The number of anilines is 1. The molecule has 5 nitrogen and oxygen atoms in total. The zero-order chi connectivity index (χ0) is 9.97. The fourth-order valence-corrected chi connectivity index (χ4v) is 1.99. The smallest absolute Gasteiger partial charge is 0.165 e. The van der Waals surface area contributed by atoms with E-state index in [-0.39, 0.29) is 6.10 Å². The van der Waals surface area contributed by atoms with E-state index in [2.05, 4.69) is 10.3 Å². The van der Waals surface area contributed by atoms with E-state index in [1.54, 1.807) is 10.9 Å². The first-order valence-electron chi connectivity index (χ1n) is 5.07. The van der Waals surface area contributed by atoms with Crippen molar-refractivity contribution in [2.45, 2.75) is 38.3 Å². The van der Waals surface area contributed by atoms with Crippen molar-refractivity contribution in [1.82, 2.24) is 15.0 Å². The Labute approximate surface area is 82.9 Å². The third kappa shape index (κ3) is 2.23. The third-order valence-corrected chi connectivity index (χ3v) is 2.82. The number of aliphatic hydroxyl groups is 1. The summed E-state index contributed by atoms with van der Waals surface area (Å²) in [6.45, 7) is 0.872. The molecule has 1 aliphatic carbocycles. The van der Waals surface area contributed by atoms with Gasteiger partial charge in [0.2, 0.25) is 0 Å². The van der Waals surface area contributed by atoms with Gasteiger partial charge in [0.1, 0.15) is 0 Å². The minimum atomic E-state index is -0.0907. The highest BCUT2D eigenvalue weighted by atomic mass is 16.3. The Morgan fingerprint density at radius 1 is 1.43 bits per heavy atom. The number of aromatic nitrogens is 3. The first-order chi connectivity index (χ1) is 6.74. The number of nitrogens with zero attached hydrogens (tertiary/aromatic N) is 3. The van der Waals surface area contributed by atoms with Crippen molar-refractivity contribution in [3.63, 3.8) is 0 Å². The van der Waals surface area contributed by atoms with Gasteiger partial charge in [-0.2, -0.15) is 0 Å². The van der Waals surface area contributed by atoms with Gasteiger partial charge in [-0.05, 0) is 31.6 Å². The van der Waals surface area contributed by atoms with Crippen LogP contribution in [0.25, 0.3) is 0 Å². The van der Waals surface area contributed by atoms with Gasteiger partial charge in [-0.1, -0.05) is 5.21 Å². The lowest BCUT2D eigenvalue weighted by molar-refractivity contribution is 0.103. The maximum atomic E-state index is 9.34. The van der Waals surface area contributed by atoms with Gasteiger partial charge < -0.3 is 10.8 Å². The fourth-order valence-electron chi connectivity index (χ4n) is 1.99. The predicted octanol–water partition coefficient (Wildman–Crippen LogP) is 0.411. The maximum absolute atomic E-state index is 9.34. The van der Waals surface area contributed by atoms with Gasteiger partial charge in [-0.25, -0.2) is 0 Å². The monoisotopic (exact) mass is 196 g/mol. The molecule has 1 saturated carbocycles. The van der Waals surface area contributed by atoms with Crippen LogP contribution in [-0.4, -0.2) is 26.2 Å². The molecule has 1 aromatic heterocycles. The fraction of sp³-hybridized carbons (Fsp3) is 0.778. The van der Waals surface area contributed by atoms with Crippen LogP contribution < -0.4 is 5.73 Å². The second kappa shape index (κ2) is 3.96. The summed E-state index contributed by atoms with van der Waals surface area (Å²) in [6, 6.07) is 0. The molecule has 0 aliphatic heterocycles. The summed E-state index contributed by atoms with van der Waals surface area (Å²) < 4.78 is 1.79. The zero-order valence-electron chi connectivity index (χ0n) is 8.13. The SMILES string of the molecule is Nc1cn(CC2CCC(O)CC2)nn1. The van der Waals surface area contributed by atoms with E-state index in [1.165, 1.54) is 0 Å². The van der Waals surface area contributed by atoms with Crippen LogP contribution in [-0.2, 0) is 6.54 Å². The van der Waals surface area contributed by atoms with Crippen LogP contribution in [0.3, 0.4) is 0 Å². The lowest BCUT2D eigenvalue weighted by atomic mass is 9.87.